The zero-order valence-electron chi connectivity index (χ0n) is 13.1. The van der Waals surface area contributed by atoms with E-state index in [4.69, 9.17) is 11.6 Å². The number of aromatic nitrogens is 2. The standard InChI is InChI=1S/C16H16ClFN4OS/c1-24-16-19-10-11(14(17)20-16)15(23)22-8-6-21(7-9-22)13-5-3-2-4-12(13)18/h2-5,10H,6-9H2,1H3. The molecule has 2 heterocycles. The lowest BCUT2D eigenvalue weighted by molar-refractivity contribution is 0.0745. The smallest absolute Gasteiger partial charge is 0.258 e. The molecule has 1 saturated heterocycles. The van der Waals surface area contributed by atoms with Crippen LogP contribution in [0.1, 0.15) is 10.4 Å². The van der Waals surface area contributed by atoms with Crippen LogP contribution >= 0.6 is 23.4 Å². The first kappa shape index (κ1) is 17.0. The minimum Gasteiger partial charge on any atom is -0.366 e. The Hall–Kier alpha value is -1.86. The predicted molar refractivity (Wildman–Crippen MR) is 93.3 cm³/mol. The van der Waals surface area contributed by atoms with Crippen molar-refractivity contribution < 1.29 is 9.18 Å². The number of halogens is 2. The van der Waals surface area contributed by atoms with Crippen molar-refractivity contribution in [3.8, 4) is 0 Å². The Morgan fingerprint density at radius 3 is 2.58 bits per heavy atom. The number of thioether (sulfide) groups is 1. The van der Waals surface area contributed by atoms with E-state index >= 15 is 0 Å². The highest BCUT2D eigenvalue weighted by Crippen LogP contribution is 2.22. The number of carbonyl (C=O) groups is 1. The molecular formula is C16H16ClFN4OS. The number of nitrogens with zero attached hydrogens (tertiary/aromatic N) is 4. The van der Waals surface area contributed by atoms with Gasteiger partial charge in [0.2, 0.25) is 0 Å². The Morgan fingerprint density at radius 2 is 1.96 bits per heavy atom. The Kier molecular flexibility index (Phi) is 5.20. The molecule has 126 valence electrons. The number of hydrogen-bond acceptors (Lipinski definition) is 5. The molecule has 0 bridgehead atoms. The summed E-state index contributed by atoms with van der Waals surface area (Å²) in [6, 6.07) is 6.66. The second-order valence-corrected chi connectivity index (χ2v) is 6.42. The number of hydrogen-bond donors (Lipinski definition) is 0. The summed E-state index contributed by atoms with van der Waals surface area (Å²) in [5.74, 6) is -0.442. The van der Waals surface area contributed by atoms with Gasteiger partial charge in [-0.25, -0.2) is 14.4 Å². The molecule has 0 unspecified atom stereocenters. The molecule has 3 rings (SSSR count). The summed E-state index contributed by atoms with van der Waals surface area (Å²) < 4.78 is 13.9. The van der Waals surface area contributed by atoms with Crippen molar-refractivity contribution in [2.45, 2.75) is 5.16 Å². The van der Waals surface area contributed by atoms with E-state index in [1.165, 1.54) is 24.0 Å². The average Bonchev–Trinajstić information content (AvgIpc) is 2.61. The summed E-state index contributed by atoms with van der Waals surface area (Å²) in [7, 11) is 0. The second kappa shape index (κ2) is 7.36. The highest BCUT2D eigenvalue weighted by molar-refractivity contribution is 7.98. The third kappa shape index (κ3) is 3.47. The molecule has 0 aliphatic carbocycles. The van der Waals surface area contributed by atoms with Crippen LogP contribution in [0.15, 0.2) is 35.6 Å². The molecule has 1 fully saturated rings. The van der Waals surface area contributed by atoms with Gasteiger partial charge in [-0.05, 0) is 18.4 Å². The van der Waals surface area contributed by atoms with E-state index < -0.39 is 0 Å². The van der Waals surface area contributed by atoms with Crippen LogP contribution in [0.3, 0.4) is 0 Å². The van der Waals surface area contributed by atoms with Gasteiger partial charge in [0.05, 0.1) is 11.3 Å². The van der Waals surface area contributed by atoms with Crippen molar-refractivity contribution in [1.29, 1.82) is 0 Å². The maximum Gasteiger partial charge on any atom is 0.258 e. The SMILES string of the molecule is CSc1ncc(C(=O)N2CCN(c3ccccc3F)CC2)c(Cl)n1. The first-order valence-electron chi connectivity index (χ1n) is 7.45. The number of piperazine rings is 1. The van der Waals surface area contributed by atoms with Crippen LogP contribution in [0.4, 0.5) is 10.1 Å². The van der Waals surface area contributed by atoms with Crippen molar-refractivity contribution in [2.24, 2.45) is 0 Å². The number of para-hydroxylation sites is 1. The molecular weight excluding hydrogens is 351 g/mol. The Bertz CT molecular complexity index is 753. The van der Waals surface area contributed by atoms with E-state index in [9.17, 15) is 9.18 Å². The van der Waals surface area contributed by atoms with Gasteiger partial charge in [0, 0.05) is 32.4 Å². The summed E-state index contributed by atoms with van der Waals surface area (Å²) in [4.78, 5) is 24.4. The number of benzene rings is 1. The molecule has 8 heteroatoms. The number of carbonyl (C=O) groups excluding carboxylic acids is 1. The van der Waals surface area contributed by atoms with Gasteiger partial charge in [-0.1, -0.05) is 35.5 Å². The quantitative estimate of drug-likeness (QED) is 0.475. The molecule has 1 aliphatic heterocycles. The number of rotatable bonds is 3. The third-order valence-electron chi connectivity index (χ3n) is 3.89. The monoisotopic (exact) mass is 366 g/mol. The van der Waals surface area contributed by atoms with Gasteiger partial charge in [0.25, 0.3) is 5.91 Å². The van der Waals surface area contributed by atoms with Gasteiger partial charge >= 0.3 is 0 Å². The van der Waals surface area contributed by atoms with Gasteiger partial charge in [-0.3, -0.25) is 4.79 Å². The maximum atomic E-state index is 13.9. The van der Waals surface area contributed by atoms with Crippen LogP contribution in [0, 0.1) is 5.82 Å². The molecule has 1 aromatic heterocycles. The number of amides is 1. The molecule has 0 radical (unpaired) electrons. The highest BCUT2D eigenvalue weighted by atomic mass is 35.5. The minimum atomic E-state index is -0.249. The minimum absolute atomic E-state index is 0.163. The fraction of sp³-hybridized carbons (Fsp3) is 0.312. The van der Waals surface area contributed by atoms with Crippen LogP contribution in [0.25, 0.3) is 0 Å². The fourth-order valence-corrected chi connectivity index (χ4v) is 3.22. The van der Waals surface area contributed by atoms with Crippen LogP contribution in [0.2, 0.25) is 5.15 Å². The topological polar surface area (TPSA) is 49.3 Å². The van der Waals surface area contributed by atoms with Gasteiger partial charge < -0.3 is 9.80 Å². The molecule has 2 aromatic rings. The van der Waals surface area contributed by atoms with Crippen molar-refractivity contribution in [3.63, 3.8) is 0 Å². The van der Waals surface area contributed by atoms with E-state index in [2.05, 4.69) is 9.97 Å². The lowest BCUT2D eigenvalue weighted by Crippen LogP contribution is -2.49. The molecule has 0 atom stereocenters. The van der Waals surface area contributed by atoms with Crippen LogP contribution < -0.4 is 4.90 Å². The van der Waals surface area contributed by atoms with Crippen LogP contribution in [-0.4, -0.2) is 53.2 Å². The summed E-state index contributed by atoms with van der Waals surface area (Å²) in [6.45, 7) is 2.11. The first-order chi connectivity index (χ1) is 11.6. The van der Waals surface area contributed by atoms with Crippen molar-refractivity contribution in [2.75, 3.05) is 37.3 Å². The molecule has 1 amide bonds. The summed E-state index contributed by atoms with van der Waals surface area (Å²) in [5, 5.41) is 0.691. The average molecular weight is 367 g/mol. The van der Waals surface area contributed by atoms with Crippen LogP contribution in [0.5, 0.6) is 0 Å². The van der Waals surface area contributed by atoms with Gasteiger partial charge in [-0.15, -0.1) is 0 Å². The summed E-state index contributed by atoms with van der Waals surface area (Å²) >= 11 is 7.46. The number of anilines is 1. The largest absolute Gasteiger partial charge is 0.366 e. The van der Waals surface area contributed by atoms with E-state index in [0.717, 1.165) is 0 Å². The Morgan fingerprint density at radius 1 is 1.25 bits per heavy atom. The van der Waals surface area contributed by atoms with Gasteiger partial charge in [0.15, 0.2) is 5.16 Å². The van der Waals surface area contributed by atoms with Gasteiger partial charge in [-0.2, -0.15) is 0 Å². The normalized spacial score (nSPS) is 14.8. The van der Waals surface area contributed by atoms with Crippen molar-refractivity contribution >= 4 is 35.0 Å². The summed E-state index contributed by atoms with van der Waals surface area (Å²) in [6.07, 6.45) is 3.31. The van der Waals surface area contributed by atoms with Crippen molar-refractivity contribution in [1.82, 2.24) is 14.9 Å². The lowest BCUT2D eigenvalue weighted by atomic mass is 10.2. The van der Waals surface area contributed by atoms with E-state index in [-0.39, 0.29) is 16.9 Å². The van der Waals surface area contributed by atoms with E-state index in [0.29, 0.717) is 42.6 Å². The van der Waals surface area contributed by atoms with E-state index in [1.54, 1.807) is 23.1 Å². The third-order valence-corrected chi connectivity index (χ3v) is 4.74. The van der Waals surface area contributed by atoms with E-state index in [1.807, 2.05) is 11.2 Å². The first-order valence-corrected chi connectivity index (χ1v) is 9.05. The zero-order chi connectivity index (χ0) is 17.1. The summed E-state index contributed by atoms with van der Waals surface area (Å²) in [5.41, 5.74) is 0.865. The molecule has 0 N–H and O–H groups in total. The zero-order valence-corrected chi connectivity index (χ0v) is 14.6. The molecule has 0 saturated carbocycles. The Labute approximate surface area is 148 Å². The van der Waals surface area contributed by atoms with Crippen LogP contribution in [-0.2, 0) is 0 Å². The molecule has 1 aromatic carbocycles. The molecule has 24 heavy (non-hydrogen) atoms. The molecule has 1 aliphatic rings. The van der Waals surface area contributed by atoms with Gasteiger partial charge in [0.1, 0.15) is 11.0 Å². The Balaban J connectivity index is 1.68. The molecule has 5 nitrogen and oxygen atoms in total. The maximum absolute atomic E-state index is 13.9. The van der Waals surface area contributed by atoms with Crippen molar-refractivity contribution in [3.05, 3.63) is 47.0 Å². The highest BCUT2D eigenvalue weighted by Gasteiger charge is 2.25. The second-order valence-electron chi connectivity index (χ2n) is 5.29. The predicted octanol–water partition coefficient (Wildman–Crippen LogP) is 2.95. The molecule has 0 spiro atoms. The lowest BCUT2D eigenvalue weighted by Gasteiger charge is -2.36. The fourth-order valence-electron chi connectivity index (χ4n) is 2.62.